The van der Waals surface area contributed by atoms with Crippen molar-refractivity contribution < 1.29 is 0 Å². The fourth-order valence-corrected chi connectivity index (χ4v) is 1.94. The van der Waals surface area contributed by atoms with E-state index < -0.39 is 0 Å². The summed E-state index contributed by atoms with van der Waals surface area (Å²) in [5, 5.41) is 0. The molecule has 0 atom stereocenters. The monoisotopic (exact) mass is 210 g/mol. The largest absolute Gasteiger partial charge is 0.0620 e. The third kappa shape index (κ3) is 2.33. The second-order valence-electron chi connectivity index (χ2n) is 4.52. The van der Waals surface area contributed by atoms with Crippen molar-refractivity contribution in [3.05, 3.63) is 70.3 Å². The Morgan fingerprint density at radius 2 is 1.50 bits per heavy atom. The van der Waals surface area contributed by atoms with Gasteiger partial charge in [0.2, 0.25) is 0 Å². The molecule has 16 heavy (non-hydrogen) atoms. The van der Waals surface area contributed by atoms with Gasteiger partial charge in [0.05, 0.1) is 0 Å². The van der Waals surface area contributed by atoms with Gasteiger partial charge in [-0.15, -0.1) is 0 Å². The summed E-state index contributed by atoms with van der Waals surface area (Å²) in [5.41, 5.74) is 6.95. The molecule has 0 saturated heterocycles. The number of rotatable bonds is 2. The van der Waals surface area contributed by atoms with E-state index in [-0.39, 0.29) is 0 Å². The van der Waals surface area contributed by atoms with Crippen molar-refractivity contribution in [2.45, 2.75) is 27.2 Å². The first-order valence-electron chi connectivity index (χ1n) is 5.77. The minimum absolute atomic E-state index is 1.04. The molecule has 2 aromatic carbocycles. The highest BCUT2D eigenvalue weighted by atomic mass is 14.1. The molecule has 2 aromatic rings. The summed E-state index contributed by atoms with van der Waals surface area (Å²) in [7, 11) is 0. The van der Waals surface area contributed by atoms with Crippen molar-refractivity contribution in [3.63, 3.8) is 0 Å². The van der Waals surface area contributed by atoms with Crippen molar-refractivity contribution in [2.75, 3.05) is 0 Å². The Kier molecular flexibility index (Phi) is 3.09. The van der Waals surface area contributed by atoms with E-state index >= 15 is 0 Å². The molecule has 82 valence electrons. The standard InChI is InChI=1S/C16H18/c1-12-8-9-15(10-14(12)3)11-16-7-5-4-6-13(16)2/h4-10H,11H2,1-3H3. The first kappa shape index (κ1) is 10.9. The number of benzene rings is 2. The molecule has 0 fully saturated rings. The van der Waals surface area contributed by atoms with Gasteiger partial charge in [0.25, 0.3) is 0 Å². The van der Waals surface area contributed by atoms with Gasteiger partial charge in [-0.25, -0.2) is 0 Å². The first-order chi connectivity index (χ1) is 7.66. The van der Waals surface area contributed by atoms with Gasteiger partial charge in [-0.2, -0.15) is 0 Å². The van der Waals surface area contributed by atoms with Crippen molar-refractivity contribution in [2.24, 2.45) is 0 Å². The molecule has 2 rings (SSSR count). The van der Waals surface area contributed by atoms with Gasteiger partial charge in [-0.05, 0) is 55.0 Å². The molecule has 0 amide bonds. The van der Waals surface area contributed by atoms with Crippen LogP contribution in [0.15, 0.2) is 42.5 Å². The van der Waals surface area contributed by atoms with E-state index in [2.05, 4.69) is 63.2 Å². The Bertz CT molecular complexity index is 495. The van der Waals surface area contributed by atoms with Gasteiger partial charge < -0.3 is 0 Å². The molecule has 0 heterocycles. The highest BCUT2D eigenvalue weighted by molar-refractivity contribution is 5.35. The van der Waals surface area contributed by atoms with Crippen LogP contribution in [0.3, 0.4) is 0 Å². The lowest BCUT2D eigenvalue weighted by atomic mass is 9.98. The van der Waals surface area contributed by atoms with E-state index in [9.17, 15) is 0 Å². The maximum Gasteiger partial charge on any atom is -0.00230 e. The molecule has 0 nitrogen and oxygen atoms in total. The summed E-state index contributed by atoms with van der Waals surface area (Å²) in [6.07, 6.45) is 1.04. The minimum atomic E-state index is 1.04. The fraction of sp³-hybridized carbons (Fsp3) is 0.250. The van der Waals surface area contributed by atoms with Crippen LogP contribution >= 0.6 is 0 Å². The molecule has 0 radical (unpaired) electrons. The molecule has 0 aromatic heterocycles. The second-order valence-corrected chi connectivity index (χ2v) is 4.52. The van der Waals surface area contributed by atoms with Crippen LogP contribution in [-0.4, -0.2) is 0 Å². The zero-order valence-corrected chi connectivity index (χ0v) is 10.2. The third-order valence-electron chi connectivity index (χ3n) is 3.23. The zero-order valence-electron chi connectivity index (χ0n) is 10.2. The van der Waals surface area contributed by atoms with E-state index in [0.29, 0.717) is 0 Å². The Hall–Kier alpha value is -1.56. The Morgan fingerprint density at radius 1 is 0.750 bits per heavy atom. The normalized spacial score (nSPS) is 10.4. The predicted octanol–water partition coefficient (Wildman–Crippen LogP) is 4.20. The summed E-state index contributed by atoms with van der Waals surface area (Å²) < 4.78 is 0. The van der Waals surface area contributed by atoms with E-state index in [0.717, 1.165) is 6.42 Å². The molecule has 0 aliphatic carbocycles. The minimum Gasteiger partial charge on any atom is -0.0620 e. The third-order valence-corrected chi connectivity index (χ3v) is 3.23. The Balaban J connectivity index is 2.28. The van der Waals surface area contributed by atoms with Crippen LogP contribution in [0.2, 0.25) is 0 Å². The Labute approximate surface area is 97.9 Å². The van der Waals surface area contributed by atoms with Crippen LogP contribution in [0.5, 0.6) is 0 Å². The molecule has 0 aliphatic rings. The molecule has 0 N–H and O–H groups in total. The van der Waals surface area contributed by atoms with Crippen molar-refractivity contribution in [1.29, 1.82) is 0 Å². The topological polar surface area (TPSA) is 0 Å². The van der Waals surface area contributed by atoms with Crippen molar-refractivity contribution in [3.8, 4) is 0 Å². The van der Waals surface area contributed by atoms with Crippen LogP contribution in [0.4, 0.5) is 0 Å². The van der Waals surface area contributed by atoms with E-state index in [1.807, 2.05) is 0 Å². The van der Waals surface area contributed by atoms with Gasteiger partial charge in [0, 0.05) is 0 Å². The lowest BCUT2D eigenvalue weighted by molar-refractivity contribution is 1.14. The SMILES string of the molecule is Cc1ccc(Cc2ccccc2C)cc1C. The summed E-state index contributed by atoms with van der Waals surface area (Å²) in [6.45, 7) is 6.51. The van der Waals surface area contributed by atoms with Crippen molar-refractivity contribution in [1.82, 2.24) is 0 Å². The summed E-state index contributed by atoms with van der Waals surface area (Å²) >= 11 is 0. The smallest absolute Gasteiger partial charge is 0.00230 e. The van der Waals surface area contributed by atoms with E-state index in [4.69, 9.17) is 0 Å². The molecule has 0 unspecified atom stereocenters. The van der Waals surface area contributed by atoms with Crippen LogP contribution < -0.4 is 0 Å². The maximum atomic E-state index is 2.29. The average Bonchev–Trinajstić information content (AvgIpc) is 2.27. The van der Waals surface area contributed by atoms with Crippen LogP contribution in [0.1, 0.15) is 27.8 Å². The van der Waals surface area contributed by atoms with Gasteiger partial charge >= 0.3 is 0 Å². The van der Waals surface area contributed by atoms with Gasteiger partial charge in [0.1, 0.15) is 0 Å². The molecule has 0 aliphatic heterocycles. The quantitative estimate of drug-likeness (QED) is 0.696. The molecule has 0 bridgehead atoms. The zero-order chi connectivity index (χ0) is 11.5. The van der Waals surface area contributed by atoms with E-state index in [1.165, 1.54) is 27.8 Å². The van der Waals surface area contributed by atoms with Gasteiger partial charge in [0.15, 0.2) is 0 Å². The second kappa shape index (κ2) is 4.52. The van der Waals surface area contributed by atoms with Crippen LogP contribution in [0, 0.1) is 20.8 Å². The summed E-state index contributed by atoms with van der Waals surface area (Å²) in [4.78, 5) is 0. The van der Waals surface area contributed by atoms with Crippen LogP contribution in [0.25, 0.3) is 0 Å². The summed E-state index contributed by atoms with van der Waals surface area (Å²) in [5.74, 6) is 0. The first-order valence-corrected chi connectivity index (χ1v) is 5.77. The van der Waals surface area contributed by atoms with Gasteiger partial charge in [-0.1, -0.05) is 42.5 Å². The highest BCUT2D eigenvalue weighted by Crippen LogP contribution is 2.16. The molecule has 0 spiro atoms. The molecular formula is C16H18. The van der Waals surface area contributed by atoms with Crippen LogP contribution in [-0.2, 0) is 6.42 Å². The van der Waals surface area contributed by atoms with Crippen molar-refractivity contribution >= 4 is 0 Å². The summed E-state index contributed by atoms with van der Waals surface area (Å²) in [6, 6.07) is 15.3. The highest BCUT2D eigenvalue weighted by Gasteiger charge is 2.00. The molecule has 0 heteroatoms. The lowest BCUT2D eigenvalue weighted by Gasteiger charge is -2.07. The van der Waals surface area contributed by atoms with Gasteiger partial charge in [-0.3, -0.25) is 0 Å². The number of aryl methyl sites for hydroxylation is 3. The predicted molar refractivity (Wildman–Crippen MR) is 69.9 cm³/mol. The molecular weight excluding hydrogens is 192 g/mol. The van der Waals surface area contributed by atoms with E-state index in [1.54, 1.807) is 0 Å². The maximum absolute atomic E-state index is 2.29. The molecule has 0 saturated carbocycles. The average molecular weight is 210 g/mol. The lowest BCUT2D eigenvalue weighted by Crippen LogP contribution is -1.92. The Morgan fingerprint density at radius 3 is 2.19 bits per heavy atom. The fourth-order valence-electron chi connectivity index (χ4n) is 1.94. The number of hydrogen-bond acceptors (Lipinski definition) is 0. The number of hydrogen-bond donors (Lipinski definition) is 0.